The van der Waals surface area contributed by atoms with Crippen molar-refractivity contribution in [1.82, 2.24) is 4.57 Å². The summed E-state index contributed by atoms with van der Waals surface area (Å²) in [5.41, 5.74) is 3.11. The van der Waals surface area contributed by atoms with Gasteiger partial charge in [0.25, 0.3) is 5.91 Å². The summed E-state index contributed by atoms with van der Waals surface area (Å²) >= 11 is 0. The lowest BCUT2D eigenvalue weighted by atomic mass is 9.95. The zero-order valence-corrected chi connectivity index (χ0v) is 16.8. The van der Waals surface area contributed by atoms with Gasteiger partial charge in [0.2, 0.25) is 0 Å². The molecule has 2 aromatic rings. The summed E-state index contributed by atoms with van der Waals surface area (Å²) in [7, 11) is 0. The third kappa shape index (κ3) is 4.03. The van der Waals surface area contributed by atoms with Crippen LogP contribution in [0.1, 0.15) is 48.1 Å². The number of hydrogen-bond acceptors (Lipinski definition) is 5. The Kier molecular flexibility index (Phi) is 6.02. The van der Waals surface area contributed by atoms with Gasteiger partial charge in [-0.3, -0.25) is 4.79 Å². The molecule has 2 aliphatic rings. The highest BCUT2D eigenvalue weighted by molar-refractivity contribution is 5.93. The van der Waals surface area contributed by atoms with Crippen LogP contribution in [-0.4, -0.2) is 29.8 Å². The smallest absolute Gasteiger partial charge is 0.263 e. The molecule has 30 heavy (non-hydrogen) atoms. The number of nitrogens with zero attached hydrogens (tertiary/aromatic N) is 3. The molecule has 0 radical (unpaired) electrons. The normalized spacial score (nSPS) is 17.6. The number of anilines is 1. The molecule has 1 unspecified atom stereocenters. The van der Waals surface area contributed by atoms with Gasteiger partial charge >= 0.3 is 0 Å². The minimum absolute atomic E-state index is 0.101. The summed E-state index contributed by atoms with van der Waals surface area (Å²) in [5.74, 6) is 0.550. The zero-order valence-electron chi connectivity index (χ0n) is 16.8. The Morgan fingerprint density at radius 1 is 1.20 bits per heavy atom. The lowest BCUT2D eigenvalue weighted by molar-refractivity contribution is -0.118. The van der Waals surface area contributed by atoms with Crippen molar-refractivity contribution in [1.29, 1.82) is 10.5 Å². The van der Waals surface area contributed by atoms with E-state index in [2.05, 4.69) is 22.0 Å². The molecule has 154 valence electrons. The number of fused-ring (bicyclic) bond motifs is 1. The van der Waals surface area contributed by atoms with Crippen molar-refractivity contribution in [2.24, 2.45) is 0 Å². The molecule has 7 nitrogen and oxygen atoms in total. The largest absolute Gasteiger partial charge is 0.482 e. The molecule has 1 N–H and O–H groups in total. The Hall–Kier alpha value is -3.29. The van der Waals surface area contributed by atoms with E-state index in [-0.39, 0.29) is 18.6 Å². The predicted molar refractivity (Wildman–Crippen MR) is 110 cm³/mol. The van der Waals surface area contributed by atoms with Gasteiger partial charge in [-0.15, -0.1) is 0 Å². The molecular formula is C23H24N4O3. The third-order valence-corrected chi connectivity index (χ3v) is 5.72. The highest BCUT2D eigenvalue weighted by Crippen LogP contribution is 2.34. The Bertz CT molecular complexity index is 1020. The van der Waals surface area contributed by atoms with Gasteiger partial charge in [-0.25, -0.2) is 0 Å². The molecule has 1 aromatic heterocycles. The Labute approximate surface area is 175 Å². The molecule has 2 heterocycles. The first-order valence-electron chi connectivity index (χ1n) is 10.4. The Morgan fingerprint density at radius 2 is 2.03 bits per heavy atom. The maximum Gasteiger partial charge on any atom is 0.263 e. The Balaban J connectivity index is 1.56. The van der Waals surface area contributed by atoms with Crippen LogP contribution in [0.5, 0.6) is 5.75 Å². The number of para-hydroxylation sites is 1. The van der Waals surface area contributed by atoms with Gasteiger partial charge in [-0.05, 0) is 56.2 Å². The lowest BCUT2D eigenvalue weighted by Crippen LogP contribution is -2.25. The highest BCUT2D eigenvalue weighted by Gasteiger charge is 2.28. The van der Waals surface area contributed by atoms with Gasteiger partial charge < -0.3 is 19.4 Å². The van der Waals surface area contributed by atoms with E-state index in [1.165, 1.54) is 0 Å². The standard InChI is InChI=1S/C23H24N4O3/c24-12-16-6-1-4-10-21(16)30-15-22(28)26-23-19(13-25)18-8-2-3-9-20(18)27(23)14-17-7-5-11-29-17/h1,4,6,10,17H,2-3,5,7-9,11,14-15H2,(H,26,28). The first kappa shape index (κ1) is 20.0. The molecule has 7 heteroatoms. The SMILES string of the molecule is N#Cc1ccccc1OCC(=O)Nc1c(C#N)c2c(n1CC1CCCO1)CCCC2. The van der Waals surface area contributed by atoms with Crippen molar-refractivity contribution in [2.45, 2.75) is 51.2 Å². The van der Waals surface area contributed by atoms with Crippen LogP contribution in [0.25, 0.3) is 0 Å². The number of nitrogens with one attached hydrogen (secondary N) is 1. The van der Waals surface area contributed by atoms with E-state index in [1.807, 2.05) is 0 Å². The van der Waals surface area contributed by atoms with E-state index >= 15 is 0 Å². The molecule has 1 saturated heterocycles. The average Bonchev–Trinajstić information content (AvgIpc) is 3.39. The number of amides is 1. The molecule has 0 saturated carbocycles. The topological polar surface area (TPSA) is 100 Å². The maximum absolute atomic E-state index is 12.7. The molecule has 1 aliphatic heterocycles. The quantitative estimate of drug-likeness (QED) is 0.796. The van der Waals surface area contributed by atoms with Crippen LogP contribution >= 0.6 is 0 Å². The summed E-state index contributed by atoms with van der Waals surface area (Å²) in [4.78, 5) is 12.7. The monoisotopic (exact) mass is 404 g/mol. The van der Waals surface area contributed by atoms with Crippen molar-refractivity contribution >= 4 is 11.7 Å². The average molecular weight is 404 g/mol. The Morgan fingerprint density at radius 3 is 2.80 bits per heavy atom. The van der Waals surface area contributed by atoms with Crippen LogP contribution in [0.2, 0.25) is 0 Å². The number of carbonyl (C=O) groups is 1. The predicted octanol–water partition coefficient (Wildman–Crippen LogP) is 3.31. The number of aromatic nitrogens is 1. The number of carbonyl (C=O) groups excluding carboxylic acids is 1. The lowest BCUT2D eigenvalue weighted by Gasteiger charge is -2.20. The molecule has 0 spiro atoms. The van der Waals surface area contributed by atoms with Crippen molar-refractivity contribution in [3.63, 3.8) is 0 Å². The first-order chi connectivity index (χ1) is 14.7. The number of rotatable bonds is 6. The molecule has 1 amide bonds. The van der Waals surface area contributed by atoms with E-state index < -0.39 is 0 Å². The van der Waals surface area contributed by atoms with E-state index in [1.54, 1.807) is 24.3 Å². The number of nitriles is 2. The van der Waals surface area contributed by atoms with Crippen LogP contribution in [-0.2, 0) is 28.9 Å². The molecule has 4 rings (SSSR count). The van der Waals surface area contributed by atoms with Crippen LogP contribution in [0.4, 0.5) is 5.82 Å². The number of hydrogen-bond donors (Lipinski definition) is 1. The van der Waals surface area contributed by atoms with Crippen molar-refractivity contribution < 1.29 is 14.3 Å². The molecule has 1 atom stereocenters. The van der Waals surface area contributed by atoms with Gasteiger partial charge in [-0.1, -0.05) is 12.1 Å². The van der Waals surface area contributed by atoms with Crippen molar-refractivity contribution in [3.8, 4) is 17.9 Å². The van der Waals surface area contributed by atoms with Gasteiger partial charge in [0.05, 0.1) is 23.8 Å². The van der Waals surface area contributed by atoms with Crippen LogP contribution < -0.4 is 10.1 Å². The van der Waals surface area contributed by atoms with Crippen LogP contribution in [0, 0.1) is 22.7 Å². The van der Waals surface area contributed by atoms with E-state index in [0.29, 0.717) is 29.2 Å². The van der Waals surface area contributed by atoms with Crippen LogP contribution in [0.15, 0.2) is 24.3 Å². The van der Waals surface area contributed by atoms with Gasteiger partial charge in [0.15, 0.2) is 6.61 Å². The van der Waals surface area contributed by atoms with Gasteiger partial charge in [0, 0.05) is 12.3 Å². The summed E-state index contributed by atoms with van der Waals surface area (Å²) in [6.07, 6.45) is 6.00. The van der Waals surface area contributed by atoms with E-state index in [0.717, 1.165) is 56.4 Å². The van der Waals surface area contributed by atoms with E-state index in [4.69, 9.17) is 9.47 Å². The second-order valence-electron chi connectivity index (χ2n) is 7.66. The second-order valence-corrected chi connectivity index (χ2v) is 7.66. The molecule has 1 aliphatic carbocycles. The second kappa shape index (κ2) is 9.02. The number of ether oxygens (including phenoxy) is 2. The van der Waals surface area contributed by atoms with Gasteiger partial charge in [0.1, 0.15) is 23.7 Å². The molecule has 1 fully saturated rings. The summed E-state index contributed by atoms with van der Waals surface area (Å²) in [5, 5.41) is 21.9. The molecule has 1 aromatic carbocycles. The van der Waals surface area contributed by atoms with Gasteiger partial charge in [-0.2, -0.15) is 10.5 Å². The number of benzene rings is 1. The minimum Gasteiger partial charge on any atom is -0.482 e. The maximum atomic E-state index is 12.7. The van der Waals surface area contributed by atoms with Crippen molar-refractivity contribution in [2.75, 3.05) is 18.5 Å². The fourth-order valence-corrected chi connectivity index (χ4v) is 4.31. The third-order valence-electron chi connectivity index (χ3n) is 5.72. The van der Waals surface area contributed by atoms with Crippen LogP contribution in [0.3, 0.4) is 0 Å². The highest BCUT2D eigenvalue weighted by atomic mass is 16.5. The minimum atomic E-state index is -0.359. The first-order valence-corrected chi connectivity index (χ1v) is 10.4. The fraction of sp³-hybridized carbons (Fsp3) is 0.435. The summed E-state index contributed by atoms with van der Waals surface area (Å²) in [6, 6.07) is 11.2. The fourth-order valence-electron chi connectivity index (χ4n) is 4.31. The summed E-state index contributed by atoms with van der Waals surface area (Å²) < 4.78 is 13.4. The molecule has 0 bridgehead atoms. The summed E-state index contributed by atoms with van der Waals surface area (Å²) in [6.45, 7) is 1.16. The van der Waals surface area contributed by atoms with E-state index in [9.17, 15) is 15.3 Å². The zero-order chi connectivity index (χ0) is 20.9. The molecular weight excluding hydrogens is 380 g/mol. The van der Waals surface area contributed by atoms with Crippen molar-refractivity contribution in [3.05, 3.63) is 46.6 Å².